The third kappa shape index (κ3) is 26.8. The minimum Gasteiger partial charge on any atom is -0.465 e. The second-order valence-corrected chi connectivity index (χ2v) is 37.5. The Labute approximate surface area is 777 Å². The van der Waals surface area contributed by atoms with Crippen LogP contribution in [0.3, 0.4) is 0 Å². The van der Waals surface area contributed by atoms with Gasteiger partial charge in [0, 0.05) is 16.6 Å². The highest BCUT2D eigenvalue weighted by atomic mass is 79.9. The molecule has 4 saturated carbocycles. The summed E-state index contributed by atoms with van der Waals surface area (Å²) in [5.41, 5.74) is 6.19. The van der Waals surface area contributed by atoms with Crippen LogP contribution >= 0.6 is 15.9 Å². The number of amides is 3. The van der Waals surface area contributed by atoms with Crippen molar-refractivity contribution in [1.82, 2.24) is 58.6 Å². The molecule has 132 heavy (non-hydrogen) atoms. The van der Waals surface area contributed by atoms with Gasteiger partial charge in [0.2, 0.25) is 17.8 Å². The summed E-state index contributed by atoms with van der Waals surface area (Å²) in [6.45, 7) is 22.3. The fourth-order valence-corrected chi connectivity index (χ4v) is 16.9. The molecule has 15 rings (SSSR count). The Morgan fingerprint density at radius 3 is 1.09 bits per heavy atom. The van der Waals surface area contributed by atoms with Crippen molar-refractivity contribution in [2.75, 3.05) is 39.8 Å². The van der Waals surface area contributed by atoms with Crippen LogP contribution in [-0.2, 0) is 82.1 Å². The summed E-state index contributed by atoms with van der Waals surface area (Å²) in [6, 6.07) is 38.3. The number of ether oxygens (including phenoxy) is 8. The summed E-state index contributed by atoms with van der Waals surface area (Å²) in [5.74, 6) is 1.80. The Hall–Kier alpha value is -12.8. The van der Waals surface area contributed by atoms with E-state index in [1.165, 1.54) is 169 Å². The van der Waals surface area contributed by atoms with E-state index in [1.807, 2.05) is 77.9 Å². The number of esters is 3. The molecule has 0 aliphatic heterocycles. The molecule has 11 aromatic rings. The number of nitro benzene ring substituents is 1. The maximum atomic E-state index is 13.7. The Kier molecular flexibility index (Phi) is 32.6. The number of rotatable bonds is 28. The molecule has 0 saturated heterocycles. The van der Waals surface area contributed by atoms with Gasteiger partial charge in [0.15, 0.2) is 39.3 Å². The first-order chi connectivity index (χ1) is 63.3. The van der Waals surface area contributed by atoms with Gasteiger partial charge in [-0.3, -0.25) is 24.5 Å². The number of hydrogen-bond donors (Lipinski definition) is 1. The maximum absolute atomic E-state index is 13.7. The van der Waals surface area contributed by atoms with Gasteiger partial charge in [0.1, 0.15) is 47.9 Å². The van der Waals surface area contributed by atoms with Crippen molar-refractivity contribution in [2.24, 2.45) is 0 Å². The molecule has 4 aliphatic rings. The number of imidazole rings is 3. The Morgan fingerprint density at radius 1 is 0.424 bits per heavy atom. The van der Waals surface area contributed by atoms with Crippen LogP contribution in [0, 0.1) is 10.1 Å². The number of aromatic nitrogens is 12. The van der Waals surface area contributed by atoms with Crippen LogP contribution in [0.25, 0.3) is 33.5 Å². The van der Waals surface area contributed by atoms with Gasteiger partial charge in [-0.15, -0.1) is 0 Å². The van der Waals surface area contributed by atoms with Crippen LogP contribution in [0.1, 0.15) is 256 Å². The van der Waals surface area contributed by atoms with Gasteiger partial charge in [-0.25, -0.2) is 44.0 Å². The highest BCUT2D eigenvalue weighted by molar-refractivity contribution is 9.10. The number of nitrogens with one attached hydrogen (secondary N) is 1. The molecule has 4 aliphatic carbocycles. The van der Waals surface area contributed by atoms with Gasteiger partial charge in [0.05, 0.1) is 69.4 Å². The van der Waals surface area contributed by atoms with E-state index in [2.05, 4.69) is 99.7 Å². The molecule has 5 aromatic carbocycles. The monoisotopic (exact) mass is 1870 g/mol. The van der Waals surface area contributed by atoms with Crippen LogP contribution in [0.5, 0.6) is 23.3 Å². The second-order valence-electron chi connectivity index (χ2n) is 36.5. The zero-order chi connectivity index (χ0) is 93.8. The number of non-ortho nitro benzene ring substituents is 1. The van der Waals surface area contributed by atoms with Crippen molar-refractivity contribution in [3.8, 4) is 23.3 Å². The van der Waals surface area contributed by atoms with Gasteiger partial charge in [-0.2, -0.15) is 29.9 Å². The Morgan fingerprint density at radius 2 is 0.750 bits per heavy atom. The van der Waals surface area contributed by atoms with E-state index in [-0.39, 0.29) is 123 Å². The zero-order valence-electron chi connectivity index (χ0n) is 77.5. The number of nitrogens with zero attached hydrogens (tertiary/aromatic N) is 16. The van der Waals surface area contributed by atoms with E-state index in [4.69, 9.17) is 52.8 Å². The van der Waals surface area contributed by atoms with Crippen LogP contribution in [0.15, 0.2) is 145 Å². The molecule has 0 atom stereocenters. The van der Waals surface area contributed by atoms with E-state index in [0.29, 0.717) is 51.6 Å². The van der Waals surface area contributed by atoms with Gasteiger partial charge in [-0.1, -0.05) is 171 Å². The second kappa shape index (κ2) is 44.4. The van der Waals surface area contributed by atoms with Crippen molar-refractivity contribution in [3.05, 3.63) is 188 Å². The number of benzene rings is 5. The van der Waals surface area contributed by atoms with E-state index < -0.39 is 51.9 Å². The largest absolute Gasteiger partial charge is 0.465 e. The lowest BCUT2D eigenvalue weighted by atomic mass is 9.84. The van der Waals surface area contributed by atoms with Crippen molar-refractivity contribution in [1.29, 1.82) is 0 Å². The molecule has 4 fully saturated rings. The minimum absolute atomic E-state index is 0.0429. The number of carbonyl (C=O) groups excluding carboxylic acids is 6. The van der Waals surface area contributed by atoms with Gasteiger partial charge in [0.25, 0.3) is 17.4 Å². The molecule has 0 unspecified atom stereocenters. The van der Waals surface area contributed by atoms with Crippen LogP contribution in [0.2, 0.25) is 0 Å². The molecule has 0 radical (unpaired) electrons. The molecule has 700 valence electrons. The molecule has 0 bridgehead atoms. The lowest BCUT2D eigenvalue weighted by molar-refractivity contribution is -0.384. The number of halogens is 1. The molecule has 6 heterocycles. The van der Waals surface area contributed by atoms with Gasteiger partial charge < -0.3 is 56.9 Å². The summed E-state index contributed by atoms with van der Waals surface area (Å²) < 4.78 is 50.5. The van der Waals surface area contributed by atoms with E-state index in [9.17, 15) is 38.9 Å². The number of fused-ring (bicyclic) bond motifs is 3. The highest BCUT2D eigenvalue weighted by Gasteiger charge is 2.35. The van der Waals surface area contributed by atoms with Crippen molar-refractivity contribution >= 4 is 115 Å². The molecule has 0 spiro atoms. The zero-order valence-corrected chi connectivity index (χ0v) is 79.0. The number of anilines is 4. The number of nitro groups is 1. The lowest BCUT2D eigenvalue weighted by Gasteiger charge is -2.27. The summed E-state index contributed by atoms with van der Waals surface area (Å²) in [7, 11) is 0. The van der Waals surface area contributed by atoms with Crippen molar-refractivity contribution in [2.45, 2.75) is 285 Å². The fourth-order valence-electron chi connectivity index (χ4n) is 16.6. The Bertz CT molecular complexity index is 5800. The minimum atomic E-state index is -0.821. The van der Waals surface area contributed by atoms with E-state index in [1.54, 1.807) is 69.1 Å². The van der Waals surface area contributed by atoms with Crippen molar-refractivity contribution < 1.29 is 71.6 Å². The summed E-state index contributed by atoms with van der Waals surface area (Å²) in [6.07, 6.45) is 25.6. The maximum Gasteiger partial charge on any atom is 0.417 e. The number of hydrogen-bond acceptors (Lipinski definition) is 26. The average Bonchev–Trinajstić information content (AvgIpc) is 1.60. The van der Waals surface area contributed by atoms with Crippen LogP contribution in [0.4, 0.5) is 43.7 Å². The topological polar surface area (TPSA) is 372 Å². The summed E-state index contributed by atoms with van der Waals surface area (Å²) in [4.78, 5) is 135. The van der Waals surface area contributed by atoms with Gasteiger partial charge >= 0.3 is 36.2 Å². The Balaban J connectivity index is 0.000000168. The third-order valence-corrected chi connectivity index (χ3v) is 23.3. The van der Waals surface area contributed by atoms with Crippen LogP contribution in [-0.4, -0.2) is 142 Å². The molecular formula is C98H120BrN17O16. The fraction of sp³-hybridized carbons (Fsp3) is 0.480. The van der Waals surface area contributed by atoms with Gasteiger partial charge in [-0.05, 0) is 210 Å². The highest BCUT2D eigenvalue weighted by Crippen LogP contribution is 2.40. The van der Waals surface area contributed by atoms with Crippen LogP contribution < -0.4 is 29.5 Å². The van der Waals surface area contributed by atoms with E-state index in [0.717, 1.165) is 46.8 Å². The smallest absolute Gasteiger partial charge is 0.417 e. The quantitative estimate of drug-likeness (QED) is 0.0206. The standard InChI is InChI=1S/C33H38BrN5O5.C33H38N6O7.C32H44N6O4/c1-5-42-27(40)20-38-21-35-28-29(38)36-31(37-30(28)43-26-13-9-12-25(34)18-26)39(32(41)44-33(2,3)4)19-22-14-16-24(17-15-22)23-10-7-6-8-11-23;1-5-44-27(40)20-37-21-34-28-29(37)35-31(36-30(28)45-26-13-9-12-25(18-26)39(42)43)38(32(41)46-33(2,3)4)19-22-14-16-24(17-15-22)23-10-7-6-8-11-23;1-5-41-26(39)20-37-21-33-27-28(34-25-13-9-10-14-25)35-30(36-29(27)37)38(31(40)42-32(2,3)4)19-22-15-17-24(18-16-22)23-11-7-6-8-12-23/h9,12-18,21,23H,5-8,10-11,19-20H2,1-4H3;9,12-18,21,23H,5-8,10-11,19-20H2,1-4H3;15-18,21,23,25H,5-14,19-20H2,1-4H3,(H,34,35,36). The predicted molar refractivity (Wildman–Crippen MR) is 503 cm³/mol. The molecular weight excluding hydrogens is 1750 g/mol. The SMILES string of the molecule is CCOC(=O)Cn1cnc2c(NC3CCCC3)nc(N(Cc3ccc(C4CCCCC4)cc3)C(=O)OC(C)(C)C)nc21.CCOC(=O)Cn1cnc2c(Oc3cccc(Br)c3)nc(N(Cc3ccc(C4CCCCC4)cc3)C(=O)OC(C)(C)C)nc21.CCOC(=O)Cn1cnc2c(Oc3cccc([N+](=O)[O-])c3)nc(N(Cc3ccc(C4CCCCC4)cc3)C(=O)OC(C)(C)C)nc21. The molecule has 1 N–H and O–H groups in total. The normalized spacial score (nSPS) is 14.7. The molecule has 3 amide bonds. The van der Waals surface area contributed by atoms with Crippen molar-refractivity contribution in [3.63, 3.8) is 0 Å². The molecule has 34 heteroatoms. The third-order valence-electron chi connectivity index (χ3n) is 22.8. The first-order valence-electron chi connectivity index (χ1n) is 45.9. The average molecular weight is 1870 g/mol. The predicted octanol–water partition coefficient (Wildman–Crippen LogP) is 21.7. The molecule has 6 aromatic heterocycles. The van der Waals surface area contributed by atoms with E-state index >= 15 is 0 Å². The first kappa shape index (κ1) is 96.8. The first-order valence-corrected chi connectivity index (χ1v) is 46.6. The number of carbonyl (C=O) groups is 6. The lowest BCUT2D eigenvalue weighted by Crippen LogP contribution is -2.37. The summed E-state index contributed by atoms with van der Waals surface area (Å²) in [5, 5.41) is 14.9. The molecule has 33 nitrogen and oxygen atoms in total. The summed E-state index contributed by atoms with van der Waals surface area (Å²) >= 11 is 3.47.